The summed E-state index contributed by atoms with van der Waals surface area (Å²) in [6.45, 7) is 2.45. The molecule has 11 heteroatoms. The Bertz CT molecular complexity index is 1140. The number of hydrogen-bond donors (Lipinski definition) is 2. The van der Waals surface area contributed by atoms with Gasteiger partial charge in [0.25, 0.3) is 5.91 Å². The fraction of sp³-hybridized carbons (Fsp3) is 0.100. The largest absolute Gasteiger partial charge is 0.478 e. The van der Waals surface area contributed by atoms with Gasteiger partial charge in [0.15, 0.2) is 5.16 Å². The molecule has 0 aliphatic carbocycles. The van der Waals surface area contributed by atoms with E-state index in [0.29, 0.717) is 33.4 Å². The molecular weight excluding hydrogens is 434 g/mol. The van der Waals surface area contributed by atoms with Crippen LogP contribution in [-0.2, 0) is 0 Å². The minimum atomic E-state index is -0.361. The van der Waals surface area contributed by atoms with Gasteiger partial charge >= 0.3 is 0 Å². The first kappa shape index (κ1) is 20.8. The molecule has 0 bridgehead atoms. The molecule has 4 aromatic heterocycles. The number of carbonyl (C=O) groups excluding carboxylic acids is 1. The molecule has 4 rings (SSSR count). The summed E-state index contributed by atoms with van der Waals surface area (Å²) in [5.41, 5.74) is 0.272. The monoisotopic (exact) mass is 451 g/mol. The summed E-state index contributed by atoms with van der Waals surface area (Å²) in [5, 5.41) is 10.6. The average Bonchev–Trinajstić information content (AvgIpc) is 3.30. The maximum Gasteiger partial charge on any atom is 0.276 e. The number of aromatic nitrogens is 6. The topological polar surface area (TPSA) is 119 Å². The van der Waals surface area contributed by atoms with Crippen LogP contribution >= 0.6 is 23.5 Å². The Morgan fingerprint density at radius 2 is 2.03 bits per heavy atom. The lowest BCUT2D eigenvalue weighted by Gasteiger charge is -2.10. The van der Waals surface area contributed by atoms with Gasteiger partial charge < -0.3 is 10.1 Å². The molecule has 9 nitrogen and oxygen atoms in total. The van der Waals surface area contributed by atoms with Crippen molar-refractivity contribution < 1.29 is 9.53 Å². The number of aromatic amines is 1. The third-order valence-electron chi connectivity index (χ3n) is 3.78. The smallest absolute Gasteiger partial charge is 0.276 e. The second-order valence-corrected chi connectivity index (χ2v) is 8.05. The molecule has 4 aromatic rings. The zero-order valence-corrected chi connectivity index (χ0v) is 18.0. The number of hydrogen-bond acceptors (Lipinski definition) is 9. The Morgan fingerprint density at radius 1 is 1.10 bits per heavy atom. The third-order valence-corrected chi connectivity index (χ3v) is 5.63. The Morgan fingerprint density at radius 3 is 2.74 bits per heavy atom. The Balaban J connectivity index is 1.61. The van der Waals surface area contributed by atoms with Crippen molar-refractivity contribution >= 4 is 35.2 Å². The van der Waals surface area contributed by atoms with E-state index in [0.717, 1.165) is 4.90 Å². The number of H-pyrrole nitrogens is 1. The second-order valence-electron chi connectivity index (χ2n) is 5.93. The van der Waals surface area contributed by atoms with Gasteiger partial charge in [-0.3, -0.25) is 9.89 Å². The van der Waals surface area contributed by atoms with E-state index >= 15 is 0 Å². The molecule has 0 atom stereocenters. The zero-order chi connectivity index (χ0) is 21.5. The lowest BCUT2D eigenvalue weighted by Crippen LogP contribution is -2.16. The summed E-state index contributed by atoms with van der Waals surface area (Å²) in [5.74, 6) is 0.637. The van der Waals surface area contributed by atoms with Gasteiger partial charge in [-0.1, -0.05) is 17.8 Å². The van der Waals surface area contributed by atoms with Crippen molar-refractivity contribution in [2.45, 2.75) is 26.9 Å². The van der Waals surface area contributed by atoms with Crippen molar-refractivity contribution in [3.05, 3.63) is 66.9 Å². The van der Waals surface area contributed by atoms with Crippen molar-refractivity contribution in [1.29, 1.82) is 0 Å². The van der Waals surface area contributed by atoms with E-state index in [9.17, 15) is 4.79 Å². The van der Waals surface area contributed by atoms with Gasteiger partial charge in [-0.15, -0.1) is 0 Å². The fourth-order valence-electron chi connectivity index (χ4n) is 2.47. The summed E-state index contributed by atoms with van der Waals surface area (Å²) in [4.78, 5) is 31.6. The van der Waals surface area contributed by atoms with Gasteiger partial charge in [-0.2, -0.15) is 5.10 Å². The molecule has 156 valence electrons. The highest BCUT2D eigenvalue weighted by molar-refractivity contribution is 7.99. The molecule has 0 aliphatic rings. The van der Waals surface area contributed by atoms with E-state index in [4.69, 9.17) is 4.74 Å². The van der Waals surface area contributed by atoms with Gasteiger partial charge in [-0.05, 0) is 49.0 Å². The maximum atomic E-state index is 13.0. The number of pyridine rings is 3. The van der Waals surface area contributed by atoms with Crippen LogP contribution in [0.15, 0.2) is 81.2 Å². The van der Waals surface area contributed by atoms with Gasteiger partial charge in [0, 0.05) is 28.3 Å². The van der Waals surface area contributed by atoms with Crippen molar-refractivity contribution in [2.24, 2.45) is 0 Å². The van der Waals surface area contributed by atoms with Gasteiger partial charge in [0.05, 0.1) is 6.61 Å². The van der Waals surface area contributed by atoms with Crippen LogP contribution in [0.3, 0.4) is 0 Å². The van der Waals surface area contributed by atoms with E-state index in [1.165, 1.54) is 29.9 Å². The lowest BCUT2D eigenvalue weighted by atomic mass is 10.3. The highest BCUT2D eigenvalue weighted by atomic mass is 32.2. The number of amides is 1. The Kier molecular flexibility index (Phi) is 6.75. The van der Waals surface area contributed by atoms with E-state index < -0.39 is 0 Å². The average molecular weight is 452 g/mol. The van der Waals surface area contributed by atoms with Crippen molar-refractivity contribution in [2.75, 3.05) is 11.9 Å². The fourth-order valence-corrected chi connectivity index (χ4v) is 4.01. The minimum Gasteiger partial charge on any atom is -0.478 e. The van der Waals surface area contributed by atoms with Crippen LogP contribution in [0.25, 0.3) is 0 Å². The molecule has 0 radical (unpaired) electrons. The van der Waals surface area contributed by atoms with Crippen LogP contribution in [0.1, 0.15) is 17.4 Å². The molecule has 1 amide bonds. The molecule has 0 aromatic carbocycles. The Labute approximate surface area is 186 Å². The maximum absolute atomic E-state index is 13.0. The highest BCUT2D eigenvalue weighted by Crippen LogP contribution is 2.33. The van der Waals surface area contributed by atoms with Crippen LogP contribution in [-0.4, -0.2) is 42.6 Å². The lowest BCUT2D eigenvalue weighted by molar-refractivity contribution is 0.101. The molecule has 0 spiro atoms. The summed E-state index contributed by atoms with van der Waals surface area (Å²) in [7, 11) is 0. The van der Waals surface area contributed by atoms with Crippen molar-refractivity contribution in [3.63, 3.8) is 0 Å². The number of ether oxygens (including phenoxy) is 1. The van der Waals surface area contributed by atoms with E-state index in [-0.39, 0.29) is 11.6 Å². The number of anilines is 1. The third kappa shape index (κ3) is 5.58. The van der Waals surface area contributed by atoms with Crippen LogP contribution in [0, 0.1) is 0 Å². The molecule has 0 fully saturated rings. The van der Waals surface area contributed by atoms with Crippen molar-refractivity contribution in [3.8, 4) is 5.88 Å². The van der Waals surface area contributed by atoms with Crippen LogP contribution in [0.4, 0.5) is 5.82 Å². The molecular formula is C20H17N7O2S2. The highest BCUT2D eigenvalue weighted by Gasteiger charge is 2.17. The number of nitrogens with one attached hydrogen (secondary N) is 2. The molecule has 4 heterocycles. The molecule has 0 saturated heterocycles. The standard InChI is InChI=1S/C20H17N7O2S2/c1-2-29-16-8-6-13(11-22-16)30-14-7-9-17(31-20-23-12-24-27-20)26-18(14)19(28)25-15-5-3-4-10-21-15/h3-12H,2H2,1H3,(H,21,25,28)(H,23,24,27). The first-order chi connectivity index (χ1) is 15.2. The normalized spacial score (nSPS) is 10.6. The number of carbonyl (C=O) groups is 1. The molecule has 31 heavy (non-hydrogen) atoms. The van der Waals surface area contributed by atoms with Gasteiger partial charge in [0.2, 0.25) is 5.88 Å². The first-order valence-corrected chi connectivity index (χ1v) is 10.9. The quantitative estimate of drug-likeness (QED) is 0.410. The summed E-state index contributed by atoms with van der Waals surface area (Å²) in [6, 6.07) is 12.7. The summed E-state index contributed by atoms with van der Waals surface area (Å²) < 4.78 is 5.38. The number of nitrogens with zero attached hydrogens (tertiary/aromatic N) is 5. The van der Waals surface area contributed by atoms with Crippen LogP contribution < -0.4 is 10.1 Å². The van der Waals surface area contributed by atoms with Gasteiger partial charge in [-0.25, -0.2) is 19.9 Å². The van der Waals surface area contributed by atoms with E-state index in [2.05, 4.69) is 35.5 Å². The summed E-state index contributed by atoms with van der Waals surface area (Å²) in [6.07, 6.45) is 4.73. The van der Waals surface area contributed by atoms with E-state index in [1.54, 1.807) is 36.7 Å². The molecule has 0 aliphatic heterocycles. The van der Waals surface area contributed by atoms with Crippen LogP contribution in [0.2, 0.25) is 0 Å². The Hall–Kier alpha value is -3.44. The van der Waals surface area contributed by atoms with Crippen molar-refractivity contribution in [1.82, 2.24) is 30.1 Å². The predicted molar refractivity (Wildman–Crippen MR) is 116 cm³/mol. The zero-order valence-electron chi connectivity index (χ0n) is 16.3. The summed E-state index contributed by atoms with van der Waals surface area (Å²) >= 11 is 2.67. The minimum absolute atomic E-state index is 0.272. The first-order valence-electron chi connectivity index (χ1n) is 9.24. The van der Waals surface area contributed by atoms with E-state index in [1.807, 2.05) is 25.1 Å². The molecule has 2 N–H and O–H groups in total. The predicted octanol–water partition coefficient (Wildman–Crippen LogP) is 3.94. The molecule has 0 saturated carbocycles. The SMILES string of the molecule is CCOc1ccc(Sc2ccc(Sc3ncn[nH]3)nc2C(=O)Nc2ccccn2)cn1. The molecule has 0 unspecified atom stereocenters. The second kappa shape index (κ2) is 10.0. The van der Waals surface area contributed by atoms with Crippen LogP contribution in [0.5, 0.6) is 5.88 Å². The van der Waals surface area contributed by atoms with Gasteiger partial charge in [0.1, 0.15) is 22.9 Å². The number of rotatable bonds is 8.